The lowest BCUT2D eigenvalue weighted by molar-refractivity contribution is 0.401. The number of methoxy groups -OCH3 is 1. The molecule has 0 saturated heterocycles. The van der Waals surface area contributed by atoms with Crippen LogP contribution in [0.15, 0.2) is 42.6 Å². The van der Waals surface area contributed by atoms with Gasteiger partial charge in [0, 0.05) is 6.20 Å². The third-order valence-electron chi connectivity index (χ3n) is 3.08. The highest BCUT2D eigenvalue weighted by Crippen LogP contribution is 2.29. The normalized spacial score (nSPS) is 12.2. The van der Waals surface area contributed by atoms with E-state index in [-0.39, 0.29) is 6.04 Å². The van der Waals surface area contributed by atoms with Gasteiger partial charge in [-0.1, -0.05) is 24.3 Å². The summed E-state index contributed by atoms with van der Waals surface area (Å²) in [4.78, 5) is 4.45. The molecule has 1 aromatic carbocycles. The van der Waals surface area contributed by atoms with Crippen molar-refractivity contribution < 1.29 is 4.74 Å². The van der Waals surface area contributed by atoms with Crippen molar-refractivity contribution in [2.75, 3.05) is 14.2 Å². The molecule has 0 spiro atoms. The van der Waals surface area contributed by atoms with Crippen molar-refractivity contribution in [3.63, 3.8) is 0 Å². The van der Waals surface area contributed by atoms with Gasteiger partial charge in [0.15, 0.2) is 0 Å². The van der Waals surface area contributed by atoms with Gasteiger partial charge in [-0.05, 0) is 37.2 Å². The molecule has 2 rings (SSSR count). The van der Waals surface area contributed by atoms with Crippen LogP contribution in [0.4, 0.5) is 0 Å². The molecule has 0 aliphatic heterocycles. The van der Waals surface area contributed by atoms with Crippen LogP contribution < -0.4 is 10.1 Å². The van der Waals surface area contributed by atoms with Crippen molar-refractivity contribution in [3.8, 4) is 5.75 Å². The summed E-state index contributed by atoms with van der Waals surface area (Å²) in [6, 6.07) is 12.2. The molecule has 0 saturated carbocycles. The van der Waals surface area contributed by atoms with E-state index in [2.05, 4.69) is 29.4 Å². The van der Waals surface area contributed by atoms with E-state index in [0.29, 0.717) is 0 Å². The first kappa shape index (κ1) is 12.6. The summed E-state index contributed by atoms with van der Waals surface area (Å²) in [5, 5.41) is 3.31. The lowest BCUT2D eigenvalue weighted by atomic mass is 9.98. The number of hydrogen-bond acceptors (Lipinski definition) is 3. The molecule has 1 N–H and O–H groups in total. The molecule has 3 nitrogen and oxygen atoms in total. The first-order chi connectivity index (χ1) is 8.77. The van der Waals surface area contributed by atoms with E-state index in [1.807, 2.05) is 31.3 Å². The molecular weight excluding hydrogens is 224 g/mol. The monoisotopic (exact) mass is 242 g/mol. The van der Waals surface area contributed by atoms with Crippen molar-refractivity contribution in [3.05, 3.63) is 59.4 Å². The SMILES string of the molecule is CNC(c1ccccc1C)c1ncccc1OC. The Kier molecular flexibility index (Phi) is 3.95. The fourth-order valence-electron chi connectivity index (χ4n) is 2.14. The maximum Gasteiger partial charge on any atom is 0.142 e. The van der Waals surface area contributed by atoms with Crippen molar-refractivity contribution in [2.24, 2.45) is 0 Å². The zero-order chi connectivity index (χ0) is 13.0. The molecule has 0 amide bonds. The second-order valence-electron chi connectivity index (χ2n) is 4.17. The topological polar surface area (TPSA) is 34.2 Å². The molecule has 0 fully saturated rings. The Morgan fingerprint density at radius 1 is 1.17 bits per heavy atom. The standard InChI is InChI=1S/C15H18N2O/c1-11-7-4-5-8-12(11)14(16-2)15-13(18-3)9-6-10-17-15/h4-10,14,16H,1-3H3. The smallest absolute Gasteiger partial charge is 0.142 e. The van der Waals surface area contributed by atoms with Crippen molar-refractivity contribution >= 4 is 0 Å². The molecule has 0 aliphatic carbocycles. The van der Waals surface area contributed by atoms with Crippen LogP contribution in [0, 0.1) is 6.92 Å². The molecule has 0 radical (unpaired) electrons. The quantitative estimate of drug-likeness (QED) is 0.895. The van der Waals surface area contributed by atoms with Crippen molar-refractivity contribution in [1.29, 1.82) is 0 Å². The van der Waals surface area contributed by atoms with E-state index in [4.69, 9.17) is 4.74 Å². The molecule has 1 aromatic heterocycles. The van der Waals surface area contributed by atoms with Gasteiger partial charge in [-0.15, -0.1) is 0 Å². The van der Waals surface area contributed by atoms with Crippen LogP contribution in [0.2, 0.25) is 0 Å². The van der Waals surface area contributed by atoms with E-state index in [9.17, 15) is 0 Å². The highest BCUT2D eigenvalue weighted by Gasteiger charge is 2.18. The Balaban J connectivity index is 2.49. The predicted octanol–water partition coefficient (Wildman–Crippen LogP) is 2.71. The van der Waals surface area contributed by atoms with Gasteiger partial charge in [0.1, 0.15) is 11.4 Å². The van der Waals surface area contributed by atoms with Gasteiger partial charge in [-0.2, -0.15) is 0 Å². The van der Waals surface area contributed by atoms with Crippen LogP contribution in [0.5, 0.6) is 5.75 Å². The summed E-state index contributed by atoms with van der Waals surface area (Å²) in [6.45, 7) is 2.11. The van der Waals surface area contributed by atoms with E-state index in [1.54, 1.807) is 13.3 Å². The fraction of sp³-hybridized carbons (Fsp3) is 0.267. The number of rotatable bonds is 4. The van der Waals surface area contributed by atoms with E-state index in [1.165, 1.54) is 11.1 Å². The fourth-order valence-corrected chi connectivity index (χ4v) is 2.14. The highest BCUT2D eigenvalue weighted by atomic mass is 16.5. The Hall–Kier alpha value is -1.87. The van der Waals surface area contributed by atoms with Gasteiger partial charge < -0.3 is 10.1 Å². The zero-order valence-electron chi connectivity index (χ0n) is 11.0. The largest absolute Gasteiger partial charge is 0.495 e. The van der Waals surface area contributed by atoms with E-state index in [0.717, 1.165) is 11.4 Å². The maximum absolute atomic E-state index is 5.39. The summed E-state index contributed by atoms with van der Waals surface area (Å²) < 4.78 is 5.39. The number of benzene rings is 1. The number of pyridine rings is 1. The molecule has 1 heterocycles. The maximum atomic E-state index is 5.39. The van der Waals surface area contributed by atoms with E-state index >= 15 is 0 Å². The number of aromatic nitrogens is 1. The lowest BCUT2D eigenvalue weighted by Crippen LogP contribution is -2.20. The zero-order valence-corrected chi connectivity index (χ0v) is 11.0. The predicted molar refractivity (Wildman–Crippen MR) is 72.9 cm³/mol. The lowest BCUT2D eigenvalue weighted by Gasteiger charge is -2.20. The first-order valence-corrected chi connectivity index (χ1v) is 5.99. The average molecular weight is 242 g/mol. The number of ether oxygens (including phenoxy) is 1. The second kappa shape index (κ2) is 5.65. The Morgan fingerprint density at radius 2 is 1.94 bits per heavy atom. The van der Waals surface area contributed by atoms with Gasteiger partial charge in [-0.25, -0.2) is 0 Å². The number of hydrogen-bond donors (Lipinski definition) is 1. The van der Waals surface area contributed by atoms with Crippen molar-refractivity contribution in [1.82, 2.24) is 10.3 Å². The minimum absolute atomic E-state index is 0.0438. The minimum Gasteiger partial charge on any atom is -0.495 e. The molecule has 3 heteroatoms. The second-order valence-corrected chi connectivity index (χ2v) is 4.17. The van der Waals surface area contributed by atoms with Gasteiger partial charge in [0.05, 0.1) is 13.2 Å². The average Bonchev–Trinajstić information content (AvgIpc) is 2.42. The molecule has 0 aliphatic rings. The summed E-state index contributed by atoms with van der Waals surface area (Å²) in [6.07, 6.45) is 1.79. The molecule has 1 unspecified atom stereocenters. The molecule has 18 heavy (non-hydrogen) atoms. The number of aryl methyl sites for hydroxylation is 1. The van der Waals surface area contributed by atoms with Crippen LogP contribution in [-0.4, -0.2) is 19.1 Å². The Morgan fingerprint density at radius 3 is 2.61 bits per heavy atom. The Labute approximate surface area is 108 Å². The molecule has 2 aromatic rings. The number of nitrogens with one attached hydrogen (secondary N) is 1. The summed E-state index contributed by atoms with van der Waals surface area (Å²) >= 11 is 0. The molecule has 94 valence electrons. The summed E-state index contributed by atoms with van der Waals surface area (Å²) in [5.74, 6) is 0.806. The Bertz CT molecular complexity index is 525. The third-order valence-corrected chi connectivity index (χ3v) is 3.08. The number of nitrogens with zero attached hydrogens (tertiary/aromatic N) is 1. The third kappa shape index (κ3) is 2.36. The van der Waals surface area contributed by atoms with Gasteiger partial charge in [0.2, 0.25) is 0 Å². The molecule has 0 bridgehead atoms. The first-order valence-electron chi connectivity index (χ1n) is 5.99. The summed E-state index contributed by atoms with van der Waals surface area (Å²) in [5.41, 5.74) is 3.37. The van der Waals surface area contributed by atoms with Crippen LogP contribution in [-0.2, 0) is 0 Å². The minimum atomic E-state index is 0.0438. The molecule has 1 atom stereocenters. The van der Waals surface area contributed by atoms with Crippen LogP contribution in [0.1, 0.15) is 22.9 Å². The van der Waals surface area contributed by atoms with Crippen LogP contribution in [0.3, 0.4) is 0 Å². The van der Waals surface area contributed by atoms with Gasteiger partial charge >= 0.3 is 0 Å². The van der Waals surface area contributed by atoms with Crippen LogP contribution >= 0.6 is 0 Å². The highest BCUT2D eigenvalue weighted by molar-refractivity contribution is 5.39. The molecular formula is C15H18N2O. The van der Waals surface area contributed by atoms with Gasteiger partial charge in [-0.3, -0.25) is 4.98 Å². The van der Waals surface area contributed by atoms with Crippen molar-refractivity contribution in [2.45, 2.75) is 13.0 Å². The van der Waals surface area contributed by atoms with Gasteiger partial charge in [0.25, 0.3) is 0 Å². The van der Waals surface area contributed by atoms with E-state index < -0.39 is 0 Å². The summed E-state index contributed by atoms with van der Waals surface area (Å²) in [7, 11) is 3.61. The van der Waals surface area contributed by atoms with Crippen LogP contribution in [0.25, 0.3) is 0 Å².